The predicted octanol–water partition coefficient (Wildman–Crippen LogP) is 3.83. The number of amides is 1. The molecule has 0 radical (unpaired) electrons. The third-order valence-corrected chi connectivity index (χ3v) is 6.23. The summed E-state index contributed by atoms with van der Waals surface area (Å²) in [6.07, 6.45) is 10.6. The summed E-state index contributed by atoms with van der Waals surface area (Å²) in [6, 6.07) is 1.84. The first-order valence-electron chi connectivity index (χ1n) is 10.0. The molecule has 0 spiro atoms. The van der Waals surface area contributed by atoms with Gasteiger partial charge in [0.25, 0.3) is 5.91 Å². The summed E-state index contributed by atoms with van der Waals surface area (Å²) < 4.78 is 18.0. The molecule has 0 aliphatic heterocycles. The Labute approximate surface area is 181 Å². The van der Waals surface area contributed by atoms with Gasteiger partial charge in [-0.2, -0.15) is 0 Å². The average molecular weight is 438 g/mol. The van der Waals surface area contributed by atoms with Gasteiger partial charge in [-0.25, -0.2) is 19.3 Å². The number of imidazole rings is 1. The van der Waals surface area contributed by atoms with Gasteiger partial charge in [0.1, 0.15) is 17.8 Å². The Morgan fingerprint density at radius 3 is 2.90 bits per heavy atom. The van der Waals surface area contributed by atoms with Crippen LogP contribution in [0, 0.1) is 5.82 Å². The lowest BCUT2D eigenvalue weighted by atomic mass is 10.3. The van der Waals surface area contributed by atoms with E-state index >= 15 is 0 Å². The quantitative estimate of drug-likeness (QED) is 0.491. The fourth-order valence-corrected chi connectivity index (χ4v) is 4.18. The van der Waals surface area contributed by atoms with Crippen LogP contribution in [0.15, 0.2) is 36.5 Å². The van der Waals surface area contributed by atoms with Crippen LogP contribution < -0.4 is 5.32 Å². The van der Waals surface area contributed by atoms with Crippen molar-refractivity contribution in [2.75, 3.05) is 5.32 Å². The van der Waals surface area contributed by atoms with Crippen LogP contribution in [0.25, 0.3) is 16.5 Å². The van der Waals surface area contributed by atoms with Crippen LogP contribution in [0.5, 0.6) is 0 Å². The zero-order valence-electron chi connectivity index (χ0n) is 16.3. The maximum absolute atomic E-state index is 14.4. The van der Waals surface area contributed by atoms with E-state index in [0.717, 1.165) is 37.6 Å². The molecule has 0 unspecified atom stereocenters. The average Bonchev–Trinajstić information content (AvgIpc) is 3.65. The van der Waals surface area contributed by atoms with E-state index < -0.39 is 11.7 Å². The van der Waals surface area contributed by atoms with E-state index in [4.69, 9.17) is 0 Å². The van der Waals surface area contributed by atoms with Crippen LogP contribution in [-0.4, -0.2) is 40.2 Å². The number of hydrogen-bond acceptors (Lipinski definition) is 7. The van der Waals surface area contributed by atoms with Crippen molar-refractivity contribution in [2.24, 2.45) is 0 Å². The van der Waals surface area contributed by atoms with Gasteiger partial charge in [0.15, 0.2) is 16.6 Å². The second kappa shape index (κ2) is 7.05. The molecule has 4 aromatic rings. The lowest BCUT2D eigenvalue weighted by Gasteiger charge is -2.07. The Bertz CT molecular complexity index is 1290. The largest absolute Gasteiger partial charge is 0.308 e. The smallest absolute Gasteiger partial charge is 0.275 e. The fourth-order valence-electron chi connectivity index (χ4n) is 3.44. The summed E-state index contributed by atoms with van der Waals surface area (Å²) in [5.41, 5.74) is 1.26. The number of hydrogen-bond donors (Lipinski definition) is 1. The second-order valence-electron chi connectivity index (χ2n) is 7.79. The highest BCUT2D eigenvalue weighted by Gasteiger charge is 2.28. The lowest BCUT2D eigenvalue weighted by Crippen LogP contribution is -2.15. The molecule has 0 saturated heterocycles. The van der Waals surface area contributed by atoms with E-state index in [1.165, 1.54) is 17.4 Å². The molecule has 0 aromatic carbocycles. The van der Waals surface area contributed by atoms with Gasteiger partial charge in [-0.3, -0.25) is 4.79 Å². The summed E-state index contributed by atoms with van der Waals surface area (Å²) in [7, 11) is 0. The Kier molecular flexibility index (Phi) is 4.16. The van der Waals surface area contributed by atoms with E-state index in [0.29, 0.717) is 28.6 Å². The van der Waals surface area contributed by atoms with E-state index in [9.17, 15) is 9.18 Å². The van der Waals surface area contributed by atoms with Crippen LogP contribution in [0.3, 0.4) is 0 Å². The van der Waals surface area contributed by atoms with E-state index in [1.807, 2.05) is 4.57 Å². The van der Waals surface area contributed by atoms with Gasteiger partial charge in [0.2, 0.25) is 0 Å². The van der Waals surface area contributed by atoms with E-state index in [2.05, 4.69) is 30.5 Å². The molecule has 6 rings (SSSR count). The van der Waals surface area contributed by atoms with Gasteiger partial charge < -0.3 is 14.5 Å². The van der Waals surface area contributed by atoms with Gasteiger partial charge in [-0.1, -0.05) is 0 Å². The standard InChI is InChI=1S/C20H17FN8OS.H2/c21-13-6-22-14(5-16(13)28-7-15(23-9-28)11-1-2-11)19(30)25-17-8-31-20(26-17)18-27-24-10-29(18)12-3-4-12;/h5-12H,1-4H2,(H,25,30);1H. The molecule has 4 heterocycles. The molecule has 1 amide bonds. The zero-order chi connectivity index (χ0) is 20.9. The molecule has 11 heteroatoms. The maximum atomic E-state index is 14.4. The van der Waals surface area contributed by atoms with Crippen LogP contribution in [0.2, 0.25) is 0 Å². The number of anilines is 1. The first-order valence-corrected chi connectivity index (χ1v) is 10.9. The number of rotatable bonds is 6. The minimum atomic E-state index is -0.522. The van der Waals surface area contributed by atoms with E-state index in [1.54, 1.807) is 28.8 Å². The molecule has 2 saturated carbocycles. The number of carbonyl (C=O) groups excluding carboxylic acids is 1. The minimum Gasteiger partial charge on any atom is -0.308 e. The number of pyridine rings is 1. The van der Waals surface area contributed by atoms with E-state index in [-0.39, 0.29) is 12.8 Å². The Morgan fingerprint density at radius 2 is 2.10 bits per heavy atom. The second-order valence-corrected chi connectivity index (χ2v) is 8.64. The summed E-state index contributed by atoms with van der Waals surface area (Å²) in [5.74, 6) is 0.554. The Morgan fingerprint density at radius 1 is 1.23 bits per heavy atom. The summed E-state index contributed by atoms with van der Waals surface area (Å²) >= 11 is 1.38. The van der Waals surface area contributed by atoms with Gasteiger partial charge in [0, 0.05) is 25.0 Å². The number of aromatic nitrogens is 7. The van der Waals surface area contributed by atoms with Crippen molar-refractivity contribution in [3.63, 3.8) is 0 Å². The highest BCUT2D eigenvalue weighted by atomic mass is 32.1. The summed E-state index contributed by atoms with van der Waals surface area (Å²) in [5, 5.41) is 13.3. The molecule has 9 nitrogen and oxygen atoms in total. The number of thiazole rings is 1. The van der Waals surface area contributed by atoms with Crippen LogP contribution in [0.4, 0.5) is 10.2 Å². The number of nitrogens with one attached hydrogen (secondary N) is 1. The molecule has 0 atom stereocenters. The molecule has 2 fully saturated rings. The lowest BCUT2D eigenvalue weighted by molar-refractivity contribution is 0.102. The molecule has 0 bridgehead atoms. The van der Waals surface area contributed by atoms with Gasteiger partial charge in [-0.05, 0) is 31.7 Å². The van der Waals surface area contributed by atoms with Crippen LogP contribution in [0.1, 0.15) is 55.3 Å². The Hall–Kier alpha value is -3.47. The van der Waals surface area contributed by atoms with Crippen molar-refractivity contribution >= 4 is 23.1 Å². The first-order chi connectivity index (χ1) is 15.2. The molecule has 4 aromatic heterocycles. The van der Waals surface area contributed by atoms with Gasteiger partial charge >= 0.3 is 0 Å². The van der Waals surface area contributed by atoms with Crippen molar-refractivity contribution in [2.45, 2.75) is 37.6 Å². The third kappa shape index (κ3) is 3.50. The number of halogens is 1. The molecule has 2 aliphatic carbocycles. The first kappa shape index (κ1) is 18.3. The summed E-state index contributed by atoms with van der Waals surface area (Å²) in [6.45, 7) is 0. The monoisotopic (exact) mass is 438 g/mol. The Balaban J connectivity index is 0.00000216. The maximum Gasteiger partial charge on any atom is 0.275 e. The van der Waals surface area contributed by atoms with Crippen molar-refractivity contribution in [1.82, 2.24) is 34.3 Å². The molecule has 31 heavy (non-hydrogen) atoms. The highest BCUT2D eigenvalue weighted by Crippen LogP contribution is 2.39. The topological polar surface area (TPSA) is 103 Å². The SMILES string of the molecule is O=C(Nc1csc(-c2nncn2C2CC2)n1)c1cc(-n2cnc(C3CC3)c2)c(F)cn1.[HH]. The normalized spacial score (nSPS) is 15.9. The summed E-state index contributed by atoms with van der Waals surface area (Å²) in [4.78, 5) is 25.5. The molecule has 158 valence electrons. The zero-order valence-corrected chi connectivity index (χ0v) is 17.1. The number of nitrogens with zero attached hydrogens (tertiary/aromatic N) is 7. The predicted molar refractivity (Wildman–Crippen MR) is 113 cm³/mol. The van der Waals surface area contributed by atoms with Crippen molar-refractivity contribution < 1.29 is 10.6 Å². The molecule has 1 N–H and O–H groups in total. The number of carbonyl (C=O) groups is 1. The molecule has 2 aliphatic rings. The third-order valence-electron chi connectivity index (χ3n) is 5.39. The van der Waals surface area contributed by atoms with Crippen LogP contribution in [-0.2, 0) is 0 Å². The fraction of sp³-hybridized carbons (Fsp3) is 0.300. The van der Waals surface area contributed by atoms with Crippen molar-refractivity contribution in [3.8, 4) is 16.5 Å². The molecular formula is C20H19FN8OS. The van der Waals surface area contributed by atoms with Crippen LogP contribution >= 0.6 is 11.3 Å². The molecular weight excluding hydrogens is 419 g/mol. The van der Waals surface area contributed by atoms with Crippen molar-refractivity contribution in [3.05, 3.63) is 53.7 Å². The minimum absolute atomic E-state index is 0. The van der Waals surface area contributed by atoms with Gasteiger partial charge in [-0.15, -0.1) is 21.5 Å². The van der Waals surface area contributed by atoms with Crippen molar-refractivity contribution in [1.29, 1.82) is 0 Å². The van der Waals surface area contributed by atoms with Gasteiger partial charge in [0.05, 0.1) is 23.9 Å². The highest BCUT2D eigenvalue weighted by molar-refractivity contribution is 7.13.